The molecule has 0 spiro atoms. The van der Waals surface area contributed by atoms with Gasteiger partial charge in [-0.15, -0.1) is 0 Å². The lowest BCUT2D eigenvalue weighted by Crippen LogP contribution is -2.22. The second-order valence-electron chi connectivity index (χ2n) is 7.76. The van der Waals surface area contributed by atoms with Crippen molar-refractivity contribution in [1.82, 2.24) is 15.0 Å². The largest absolute Gasteiger partial charge is 0.324 e. The summed E-state index contributed by atoms with van der Waals surface area (Å²) in [5, 5.41) is 3.02. The molecule has 4 rings (SSSR count). The van der Waals surface area contributed by atoms with Crippen LogP contribution in [0.5, 0.6) is 0 Å². The Balaban J connectivity index is 1.40. The number of carbonyl (C=O) groups is 1. The maximum absolute atomic E-state index is 12.7. The maximum atomic E-state index is 12.7. The third-order valence-electron chi connectivity index (χ3n) is 5.76. The van der Waals surface area contributed by atoms with E-state index in [1.54, 1.807) is 18.7 Å². The Morgan fingerprint density at radius 3 is 2.93 bits per heavy atom. The minimum atomic E-state index is 0.0740. The zero-order valence-corrected chi connectivity index (χ0v) is 16.5. The van der Waals surface area contributed by atoms with Crippen molar-refractivity contribution >= 4 is 23.2 Å². The van der Waals surface area contributed by atoms with E-state index in [4.69, 9.17) is 0 Å². The molecule has 0 bridgehead atoms. The Morgan fingerprint density at radius 1 is 1.07 bits per heavy atom. The molecule has 2 aromatic rings. The van der Waals surface area contributed by atoms with Gasteiger partial charge in [-0.2, -0.15) is 0 Å². The summed E-state index contributed by atoms with van der Waals surface area (Å²) in [7, 11) is 0. The predicted molar refractivity (Wildman–Crippen MR) is 116 cm³/mol. The van der Waals surface area contributed by atoms with E-state index in [2.05, 4.69) is 32.4 Å². The van der Waals surface area contributed by atoms with Crippen LogP contribution in [0.3, 0.4) is 0 Å². The molecule has 0 aromatic carbocycles. The van der Waals surface area contributed by atoms with Gasteiger partial charge in [-0.05, 0) is 55.4 Å². The summed E-state index contributed by atoms with van der Waals surface area (Å²) in [5.41, 5.74) is 4.14. The summed E-state index contributed by atoms with van der Waals surface area (Å²) in [6.45, 7) is 0. The molecule has 2 heterocycles. The first-order chi connectivity index (χ1) is 14.3. The van der Waals surface area contributed by atoms with Crippen LogP contribution in [0.4, 0.5) is 5.69 Å². The lowest BCUT2D eigenvalue weighted by molar-refractivity contribution is -0.120. The minimum absolute atomic E-state index is 0.0740. The molecule has 29 heavy (non-hydrogen) atoms. The monoisotopic (exact) mass is 386 g/mol. The zero-order chi connectivity index (χ0) is 19.9. The first kappa shape index (κ1) is 19.2. The van der Waals surface area contributed by atoms with Crippen LogP contribution in [0, 0.1) is 11.8 Å². The second-order valence-corrected chi connectivity index (χ2v) is 7.76. The summed E-state index contributed by atoms with van der Waals surface area (Å²) in [6.07, 6.45) is 23.4. The Hall–Kier alpha value is -3.08. The van der Waals surface area contributed by atoms with E-state index in [0.29, 0.717) is 5.92 Å². The number of allylic oxidation sites excluding steroid dienone is 5. The van der Waals surface area contributed by atoms with Gasteiger partial charge < -0.3 is 5.32 Å². The third-order valence-corrected chi connectivity index (χ3v) is 5.76. The standard InChI is InChI=1S/C24H26N4O/c29-24(28-21-9-5-13-25-15-21)19-8-4-6-18(11-12-19)14-20-7-2-1-3-10-23-22(20)16-26-17-27-23/h1-3,5,7,9-10,13,15-19H,4,6,8,11-12,14H2,(H,28,29). The lowest BCUT2D eigenvalue weighted by Gasteiger charge is -2.18. The van der Waals surface area contributed by atoms with Crippen molar-refractivity contribution in [3.8, 4) is 0 Å². The number of anilines is 1. The molecule has 2 unspecified atom stereocenters. The van der Waals surface area contributed by atoms with Gasteiger partial charge in [0.1, 0.15) is 6.33 Å². The average molecular weight is 386 g/mol. The van der Waals surface area contributed by atoms with Gasteiger partial charge in [0.25, 0.3) is 0 Å². The van der Waals surface area contributed by atoms with Gasteiger partial charge in [0.15, 0.2) is 0 Å². The average Bonchev–Trinajstić information content (AvgIpc) is 2.98. The van der Waals surface area contributed by atoms with Crippen LogP contribution in [0.15, 0.2) is 61.4 Å². The first-order valence-electron chi connectivity index (χ1n) is 10.3. The maximum Gasteiger partial charge on any atom is 0.227 e. The van der Waals surface area contributed by atoms with Crippen molar-refractivity contribution in [2.45, 2.75) is 38.5 Å². The number of nitrogens with one attached hydrogen (secondary N) is 1. The SMILES string of the molecule is O=C(Nc1cccnc1)C1CCCC(CC2=CC=CC=Cc3ncncc32)CC1. The molecule has 148 valence electrons. The number of rotatable bonds is 4. The topological polar surface area (TPSA) is 67.8 Å². The molecule has 5 heteroatoms. The van der Waals surface area contributed by atoms with Gasteiger partial charge in [-0.1, -0.05) is 37.1 Å². The van der Waals surface area contributed by atoms with E-state index >= 15 is 0 Å². The van der Waals surface area contributed by atoms with Crippen LogP contribution < -0.4 is 5.32 Å². The molecule has 1 fully saturated rings. The third kappa shape index (κ3) is 5.05. The van der Waals surface area contributed by atoms with Gasteiger partial charge >= 0.3 is 0 Å². The number of amides is 1. The summed E-state index contributed by atoms with van der Waals surface area (Å²) in [6, 6.07) is 3.72. The molecule has 1 amide bonds. The number of hydrogen-bond donors (Lipinski definition) is 1. The zero-order valence-electron chi connectivity index (χ0n) is 16.5. The highest BCUT2D eigenvalue weighted by Gasteiger charge is 2.25. The van der Waals surface area contributed by atoms with E-state index in [9.17, 15) is 4.79 Å². The molecule has 1 saturated carbocycles. The van der Waals surface area contributed by atoms with Crippen LogP contribution in [-0.2, 0) is 4.79 Å². The number of aromatic nitrogens is 3. The van der Waals surface area contributed by atoms with Gasteiger partial charge in [0, 0.05) is 23.9 Å². The number of nitrogens with zero attached hydrogens (tertiary/aromatic N) is 3. The summed E-state index contributed by atoms with van der Waals surface area (Å²) < 4.78 is 0. The molecule has 5 nitrogen and oxygen atoms in total. The fourth-order valence-electron chi connectivity index (χ4n) is 4.21. The van der Waals surface area contributed by atoms with Gasteiger partial charge in [0.2, 0.25) is 5.91 Å². The molecule has 0 aliphatic heterocycles. The van der Waals surface area contributed by atoms with Crippen LogP contribution in [-0.4, -0.2) is 20.9 Å². The number of pyridine rings is 1. The quantitative estimate of drug-likeness (QED) is 0.746. The fraction of sp³-hybridized carbons (Fsp3) is 0.333. The molecule has 0 saturated heterocycles. The summed E-state index contributed by atoms with van der Waals surface area (Å²) >= 11 is 0. The minimum Gasteiger partial charge on any atom is -0.324 e. The molecule has 2 aliphatic rings. The normalized spacial score (nSPS) is 21.3. The fourth-order valence-corrected chi connectivity index (χ4v) is 4.21. The van der Waals surface area contributed by atoms with Crippen LogP contribution >= 0.6 is 0 Å². The molecule has 2 atom stereocenters. The van der Waals surface area contributed by atoms with Crippen molar-refractivity contribution in [2.75, 3.05) is 5.32 Å². The van der Waals surface area contributed by atoms with Crippen molar-refractivity contribution in [2.24, 2.45) is 11.8 Å². The van der Waals surface area contributed by atoms with Crippen molar-refractivity contribution in [1.29, 1.82) is 0 Å². The summed E-state index contributed by atoms with van der Waals surface area (Å²) in [5.74, 6) is 0.767. The van der Waals surface area contributed by atoms with E-state index in [1.807, 2.05) is 36.6 Å². The predicted octanol–water partition coefficient (Wildman–Crippen LogP) is 5.06. The Labute approximate surface area is 171 Å². The Bertz CT molecular complexity index is 933. The number of carbonyl (C=O) groups excluding carboxylic acids is 1. The van der Waals surface area contributed by atoms with E-state index < -0.39 is 0 Å². The van der Waals surface area contributed by atoms with E-state index in [0.717, 1.165) is 55.5 Å². The smallest absolute Gasteiger partial charge is 0.227 e. The highest BCUT2D eigenvalue weighted by atomic mass is 16.1. The molecule has 2 aromatic heterocycles. The molecular formula is C24H26N4O. The molecular weight excluding hydrogens is 360 g/mol. The highest BCUT2D eigenvalue weighted by molar-refractivity contribution is 5.92. The molecule has 0 radical (unpaired) electrons. The van der Waals surface area contributed by atoms with Crippen molar-refractivity contribution in [3.05, 3.63) is 72.6 Å². The van der Waals surface area contributed by atoms with Crippen molar-refractivity contribution < 1.29 is 4.79 Å². The lowest BCUT2D eigenvalue weighted by atomic mass is 9.88. The van der Waals surface area contributed by atoms with Crippen LogP contribution in [0.25, 0.3) is 11.6 Å². The molecule has 1 N–H and O–H groups in total. The van der Waals surface area contributed by atoms with E-state index in [1.165, 1.54) is 5.57 Å². The van der Waals surface area contributed by atoms with E-state index in [-0.39, 0.29) is 11.8 Å². The highest BCUT2D eigenvalue weighted by Crippen LogP contribution is 2.35. The van der Waals surface area contributed by atoms with Crippen LogP contribution in [0.2, 0.25) is 0 Å². The second kappa shape index (κ2) is 9.41. The first-order valence-corrected chi connectivity index (χ1v) is 10.3. The molecule has 2 aliphatic carbocycles. The number of fused-ring (bicyclic) bond motifs is 1. The summed E-state index contributed by atoms with van der Waals surface area (Å²) in [4.78, 5) is 25.4. The van der Waals surface area contributed by atoms with Gasteiger partial charge in [-0.3, -0.25) is 9.78 Å². The van der Waals surface area contributed by atoms with Crippen LogP contribution in [0.1, 0.15) is 49.8 Å². The Kier molecular flexibility index (Phi) is 6.25. The Morgan fingerprint density at radius 2 is 2.03 bits per heavy atom. The van der Waals surface area contributed by atoms with Gasteiger partial charge in [0.05, 0.1) is 17.6 Å². The number of hydrogen-bond acceptors (Lipinski definition) is 4. The van der Waals surface area contributed by atoms with Crippen molar-refractivity contribution in [3.63, 3.8) is 0 Å². The van der Waals surface area contributed by atoms with Gasteiger partial charge in [-0.25, -0.2) is 9.97 Å².